The Hall–Kier alpha value is -7.76. The molecule has 5 aromatic rings. The van der Waals surface area contributed by atoms with E-state index in [-0.39, 0.29) is 94.8 Å². The van der Waals surface area contributed by atoms with Crippen molar-refractivity contribution in [3.8, 4) is 35.4 Å². The maximum Gasteiger partial charge on any atom is 0.409 e. The van der Waals surface area contributed by atoms with E-state index in [1.165, 1.54) is 41.4 Å². The molecule has 0 spiro atoms. The zero-order chi connectivity index (χ0) is 50.9. The number of rotatable bonds is 13. The van der Waals surface area contributed by atoms with Crippen LogP contribution in [-0.2, 0) is 14.3 Å². The number of piperazine rings is 1. The average molecular weight is 995 g/mol. The molecule has 3 aromatic carbocycles. The van der Waals surface area contributed by atoms with Crippen LogP contribution in [0.15, 0.2) is 60.8 Å². The zero-order valence-corrected chi connectivity index (χ0v) is 40.0. The van der Waals surface area contributed by atoms with Crippen LogP contribution in [-0.4, -0.2) is 147 Å². The number of nitrogens with zero attached hydrogens (tertiary/aromatic N) is 7. The molecule has 5 fully saturated rings. The molecule has 376 valence electrons. The van der Waals surface area contributed by atoms with Crippen LogP contribution in [0.4, 0.5) is 25.1 Å². The fraction of sp³-hybridized carbons (Fsp3) is 0.396. The quantitative estimate of drug-likeness (QED) is 0.0513. The summed E-state index contributed by atoms with van der Waals surface area (Å²) in [5.41, 5.74) is 1.00. The van der Waals surface area contributed by atoms with Gasteiger partial charge in [0.25, 0.3) is 11.8 Å². The van der Waals surface area contributed by atoms with Crippen LogP contribution >= 0.6 is 0 Å². The number of carbonyl (C=O) groups is 5. The Kier molecular flexibility index (Phi) is 12.2. The van der Waals surface area contributed by atoms with Gasteiger partial charge in [0.05, 0.1) is 27.6 Å². The summed E-state index contributed by atoms with van der Waals surface area (Å²) in [7, 11) is 1.64. The first-order valence-corrected chi connectivity index (χ1v) is 24.5. The first-order chi connectivity index (χ1) is 35.2. The van der Waals surface area contributed by atoms with Crippen molar-refractivity contribution in [3.05, 3.63) is 89.1 Å². The van der Waals surface area contributed by atoms with E-state index in [4.69, 9.17) is 20.9 Å². The minimum Gasteiger partial charge on any atom is -0.508 e. The van der Waals surface area contributed by atoms with Crippen molar-refractivity contribution in [2.75, 3.05) is 63.2 Å². The number of benzene rings is 3. The molecular formula is C53H52F2N10O8. The number of fused-ring (bicyclic) bond motifs is 6. The fourth-order valence-corrected chi connectivity index (χ4v) is 11.8. The number of ether oxygens (including phenoxy) is 2. The van der Waals surface area contributed by atoms with E-state index < -0.39 is 52.9 Å². The van der Waals surface area contributed by atoms with E-state index in [2.05, 4.69) is 48.2 Å². The standard InChI is InChI=1S/C53H52F2N10O8/c1-4-34-38(54)12-9-29-19-33(66)20-36(42(29)34)45-44(55)46-37(22-57-45)47(63-24-30-10-11-31(25-63)58-30)61-51(60-46)73-27-53-16-15-32(64(53)23-28(2)21-53)26-72-52(71)62(3)18-6-17-56-39-8-5-7-35-43(39)50(70)65(49(35)69)40-13-14-41(67)59-48(40)68/h1,5,7-9,12,19-20,22,30-32,40,56,58,66H,2,6,10-11,13-18,21,23-27H2,3H3,(H,59,67,68)/t30-,31+,32-,40?,53-/m0/s1. The van der Waals surface area contributed by atoms with Crippen molar-refractivity contribution in [3.63, 3.8) is 0 Å². The van der Waals surface area contributed by atoms with Crippen LogP contribution in [0.25, 0.3) is 32.9 Å². The third-order valence-electron chi connectivity index (χ3n) is 15.2. The summed E-state index contributed by atoms with van der Waals surface area (Å²) in [6.07, 6.45) is 11.3. The van der Waals surface area contributed by atoms with Gasteiger partial charge in [-0.3, -0.25) is 39.3 Å². The number of piperidine rings is 1. The molecule has 20 heteroatoms. The molecule has 11 rings (SSSR count). The Morgan fingerprint density at radius 1 is 1.05 bits per heavy atom. The molecule has 0 saturated carbocycles. The van der Waals surface area contributed by atoms with Crippen LogP contribution in [0, 0.1) is 24.0 Å². The van der Waals surface area contributed by atoms with Crippen LogP contribution < -0.4 is 25.6 Å². The highest BCUT2D eigenvalue weighted by molar-refractivity contribution is 6.25. The second-order valence-electron chi connectivity index (χ2n) is 19.9. The molecule has 8 heterocycles. The van der Waals surface area contributed by atoms with Gasteiger partial charge in [0.1, 0.15) is 47.9 Å². The normalized spacial score (nSPS) is 23.5. The number of amides is 5. The summed E-state index contributed by atoms with van der Waals surface area (Å²) < 4.78 is 44.7. The van der Waals surface area contributed by atoms with Gasteiger partial charge in [-0.15, -0.1) is 6.42 Å². The van der Waals surface area contributed by atoms with Crippen molar-refractivity contribution >= 4 is 62.9 Å². The van der Waals surface area contributed by atoms with Crippen molar-refractivity contribution in [1.82, 2.24) is 40.3 Å². The molecule has 18 nitrogen and oxygen atoms in total. The molecule has 5 amide bonds. The summed E-state index contributed by atoms with van der Waals surface area (Å²) >= 11 is 0. The summed E-state index contributed by atoms with van der Waals surface area (Å²) in [6.45, 7) is 7.05. The van der Waals surface area contributed by atoms with E-state index in [9.17, 15) is 29.1 Å². The monoisotopic (exact) mass is 994 g/mol. The number of aromatic hydroxyl groups is 1. The topological polar surface area (TPSA) is 212 Å². The van der Waals surface area contributed by atoms with Crippen LogP contribution in [0.5, 0.6) is 11.8 Å². The zero-order valence-electron chi connectivity index (χ0n) is 40.0. The number of hydrogen-bond donors (Lipinski definition) is 4. The molecule has 0 aliphatic carbocycles. The number of aromatic nitrogens is 3. The smallest absolute Gasteiger partial charge is 0.409 e. The lowest BCUT2D eigenvalue weighted by molar-refractivity contribution is -0.136. The number of phenols is 1. The third kappa shape index (κ3) is 8.49. The number of pyridine rings is 1. The highest BCUT2D eigenvalue weighted by Gasteiger charge is 2.52. The number of hydrogen-bond acceptors (Lipinski definition) is 15. The molecule has 73 heavy (non-hydrogen) atoms. The van der Waals surface area contributed by atoms with E-state index in [0.717, 1.165) is 23.3 Å². The van der Waals surface area contributed by atoms with Gasteiger partial charge in [0, 0.05) is 87.2 Å². The molecule has 0 radical (unpaired) electrons. The minimum atomic E-state index is -1.07. The van der Waals surface area contributed by atoms with Gasteiger partial charge in [0.15, 0.2) is 5.82 Å². The summed E-state index contributed by atoms with van der Waals surface area (Å²) in [6, 6.07) is 9.46. The molecule has 6 aliphatic heterocycles. The van der Waals surface area contributed by atoms with Gasteiger partial charge >= 0.3 is 12.1 Å². The van der Waals surface area contributed by atoms with Crippen LogP contribution in [0.1, 0.15) is 77.6 Å². The van der Waals surface area contributed by atoms with Gasteiger partial charge in [-0.05, 0) is 80.7 Å². The SMILES string of the molecule is C#Cc1c(F)ccc2cc(O)cc(-c3ncc4c(N5C[C@H]6CC[C@@H](C5)N6)nc(OC[C@@]56CC[C@@H](COC(=O)N(C)CCCNc7cccc8c7C(=O)N(C7CCC(=O)NC7=O)C8=O)N5CC(=C)C6)nc4c3F)c12. The lowest BCUT2D eigenvalue weighted by Crippen LogP contribution is -2.54. The Morgan fingerprint density at radius 3 is 2.64 bits per heavy atom. The number of imide groups is 2. The predicted octanol–water partition coefficient (Wildman–Crippen LogP) is 5.26. The van der Waals surface area contributed by atoms with E-state index in [1.807, 2.05) is 0 Å². The van der Waals surface area contributed by atoms with Gasteiger partial charge in [-0.1, -0.05) is 30.2 Å². The van der Waals surface area contributed by atoms with Crippen molar-refractivity contribution in [2.24, 2.45) is 0 Å². The molecule has 2 aromatic heterocycles. The van der Waals surface area contributed by atoms with Crippen LogP contribution in [0.2, 0.25) is 0 Å². The molecule has 5 saturated heterocycles. The number of anilines is 2. The van der Waals surface area contributed by atoms with Gasteiger partial charge in [0.2, 0.25) is 11.8 Å². The number of nitrogens with one attached hydrogen (secondary N) is 3. The van der Waals surface area contributed by atoms with E-state index in [1.54, 1.807) is 19.2 Å². The predicted molar refractivity (Wildman–Crippen MR) is 264 cm³/mol. The maximum absolute atomic E-state index is 17.2. The summed E-state index contributed by atoms with van der Waals surface area (Å²) in [5, 5.41) is 20.8. The minimum absolute atomic E-state index is 0.0213. The highest BCUT2D eigenvalue weighted by Crippen LogP contribution is 2.45. The average Bonchev–Trinajstić information content (AvgIpc) is 4.08. The number of phenolic OH excluding ortho intramolecular Hbond substituents is 1. The van der Waals surface area contributed by atoms with Crippen molar-refractivity contribution < 1.29 is 47.3 Å². The first kappa shape index (κ1) is 47.6. The van der Waals surface area contributed by atoms with E-state index in [0.29, 0.717) is 80.7 Å². The second-order valence-corrected chi connectivity index (χ2v) is 19.9. The molecular weight excluding hydrogens is 943 g/mol. The highest BCUT2D eigenvalue weighted by atomic mass is 19.1. The van der Waals surface area contributed by atoms with Gasteiger partial charge in [-0.25, -0.2) is 13.6 Å². The van der Waals surface area contributed by atoms with Crippen LogP contribution in [0.3, 0.4) is 0 Å². The summed E-state index contributed by atoms with van der Waals surface area (Å²) in [4.78, 5) is 85.3. The Labute approximate surface area is 418 Å². The van der Waals surface area contributed by atoms with Gasteiger partial charge < -0.3 is 35.0 Å². The molecule has 4 N–H and O–H groups in total. The second kappa shape index (κ2) is 18.7. The summed E-state index contributed by atoms with van der Waals surface area (Å²) in [5.74, 6) is -1.14. The lowest BCUT2D eigenvalue weighted by atomic mass is 9.94. The Bertz CT molecular complexity index is 3230. The Balaban J connectivity index is 0.761. The van der Waals surface area contributed by atoms with E-state index >= 15 is 8.78 Å². The maximum atomic E-state index is 17.2. The fourth-order valence-electron chi connectivity index (χ4n) is 11.8. The number of carbonyl (C=O) groups excluding carboxylic acids is 5. The van der Waals surface area contributed by atoms with Crippen molar-refractivity contribution in [2.45, 2.75) is 81.1 Å². The Morgan fingerprint density at radius 2 is 1.86 bits per heavy atom. The molecule has 5 atom stereocenters. The van der Waals surface area contributed by atoms with Crippen molar-refractivity contribution in [1.29, 1.82) is 0 Å². The molecule has 1 unspecified atom stereocenters. The third-order valence-corrected chi connectivity index (χ3v) is 15.2. The first-order valence-electron chi connectivity index (χ1n) is 24.5. The molecule has 2 bridgehead atoms. The van der Waals surface area contributed by atoms with Gasteiger partial charge in [-0.2, -0.15) is 9.97 Å². The molecule has 6 aliphatic rings. The lowest BCUT2D eigenvalue weighted by Gasteiger charge is -2.35. The number of terminal acetylenes is 1. The number of halogens is 2. The largest absolute Gasteiger partial charge is 0.508 e.